The minimum absolute atomic E-state index is 0.206. The third kappa shape index (κ3) is 3.42. The minimum atomic E-state index is -0.259. The van der Waals surface area contributed by atoms with Gasteiger partial charge in [0.05, 0.1) is 12.1 Å². The third-order valence-corrected chi connectivity index (χ3v) is 2.63. The Morgan fingerprint density at radius 3 is 2.56 bits per heavy atom. The van der Waals surface area contributed by atoms with Crippen LogP contribution >= 0.6 is 0 Å². The van der Waals surface area contributed by atoms with Gasteiger partial charge in [0.2, 0.25) is 0 Å². The lowest BCUT2D eigenvalue weighted by Gasteiger charge is -2.13. The molecule has 2 aromatic rings. The van der Waals surface area contributed by atoms with E-state index < -0.39 is 0 Å². The van der Waals surface area contributed by atoms with Crippen LogP contribution in [0.3, 0.4) is 0 Å². The van der Waals surface area contributed by atoms with E-state index in [2.05, 4.69) is 4.98 Å². The number of hydrogen-bond acceptors (Lipinski definition) is 3. The number of carbonyl (C=O) groups excluding carboxylic acids is 1. The molecule has 0 aliphatic heterocycles. The second kappa shape index (κ2) is 5.96. The molecule has 1 unspecified atom stereocenters. The van der Waals surface area contributed by atoms with Crippen LogP contribution in [0.5, 0.6) is 0 Å². The zero-order chi connectivity index (χ0) is 12.8. The van der Waals surface area contributed by atoms with Crippen molar-refractivity contribution in [2.75, 3.05) is 0 Å². The molecule has 3 nitrogen and oxygen atoms in total. The van der Waals surface area contributed by atoms with Gasteiger partial charge in [-0.3, -0.25) is 9.78 Å². The summed E-state index contributed by atoms with van der Waals surface area (Å²) in [5, 5.41) is 0. The number of rotatable bonds is 4. The zero-order valence-electron chi connectivity index (χ0n) is 10.2. The fraction of sp³-hybridized carbons (Fsp3) is 0.200. The standard InChI is InChI=1S/C15H15NO2/c1-12(13-7-3-2-4-8-13)18-15(17)11-14-9-5-6-10-16-14/h2-10,12H,11H2,1H3. The smallest absolute Gasteiger partial charge is 0.312 e. The summed E-state index contributed by atoms with van der Waals surface area (Å²) in [4.78, 5) is 15.8. The van der Waals surface area contributed by atoms with Crippen molar-refractivity contribution in [1.29, 1.82) is 0 Å². The van der Waals surface area contributed by atoms with E-state index in [1.165, 1.54) is 0 Å². The first-order valence-corrected chi connectivity index (χ1v) is 5.90. The van der Waals surface area contributed by atoms with Gasteiger partial charge in [-0.25, -0.2) is 0 Å². The molecule has 0 saturated heterocycles. The molecule has 0 spiro atoms. The second-order valence-corrected chi connectivity index (χ2v) is 4.04. The first-order chi connectivity index (χ1) is 8.75. The van der Waals surface area contributed by atoms with Crippen LogP contribution in [-0.2, 0) is 16.0 Å². The van der Waals surface area contributed by atoms with Crippen molar-refractivity contribution in [3.63, 3.8) is 0 Å². The summed E-state index contributed by atoms with van der Waals surface area (Å²) in [6.07, 6.45) is 1.64. The van der Waals surface area contributed by atoms with Crippen molar-refractivity contribution in [3.8, 4) is 0 Å². The minimum Gasteiger partial charge on any atom is -0.457 e. The number of benzene rings is 1. The topological polar surface area (TPSA) is 39.2 Å². The summed E-state index contributed by atoms with van der Waals surface area (Å²) >= 11 is 0. The fourth-order valence-corrected chi connectivity index (χ4v) is 1.68. The number of pyridine rings is 1. The van der Waals surface area contributed by atoms with Gasteiger partial charge in [-0.15, -0.1) is 0 Å². The van der Waals surface area contributed by atoms with Gasteiger partial charge in [0.15, 0.2) is 0 Å². The molecule has 1 aromatic heterocycles. The summed E-state index contributed by atoms with van der Waals surface area (Å²) in [7, 11) is 0. The predicted octanol–water partition coefficient (Wildman–Crippen LogP) is 2.93. The van der Waals surface area contributed by atoms with Gasteiger partial charge in [0, 0.05) is 6.20 Å². The van der Waals surface area contributed by atoms with Crippen LogP contribution in [-0.4, -0.2) is 11.0 Å². The number of aromatic nitrogens is 1. The van der Waals surface area contributed by atoms with Crippen molar-refractivity contribution >= 4 is 5.97 Å². The molecule has 2 rings (SSSR count). The summed E-state index contributed by atoms with van der Waals surface area (Å²) in [6, 6.07) is 15.2. The van der Waals surface area contributed by atoms with Crippen molar-refractivity contribution in [2.24, 2.45) is 0 Å². The van der Waals surface area contributed by atoms with Crippen LogP contribution in [0.25, 0.3) is 0 Å². The van der Waals surface area contributed by atoms with Crippen LogP contribution in [0.15, 0.2) is 54.7 Å². The lowest BCUT2D eigenvalue weighted by atomic mass is 10.1. The van der Waals surface area contributed by atoms with Crippen LogP contribution in [0.1, 0.15) is 24.3 Å². The number of ether oxygens (including phenoxy) is 1. The van der Waals surface area contributed by atoms with Gasteiger partial charge in [-0.1, -0.05) is 36.4 Å². The second-order valence-electron chi connectivity index (χ2n) is 4.04. The maximum absolute atomic E-state index is 11.7. The quantitative estimate of drug-likeness (QED) is 0.772. The van der Waals surface area contributed by atoms with E-state index in [-0.39, 0.29) is 18.5 Å². The molecule has 0 N–H and O–H groups in total. The van der Waals surface area contributed by atoms with Crippen LogP contribution in [0.2, 0.25) is 0 Å². The molecule has 1 atom stereocenters. The largest absolute Gasteiger partial charge is 0.457 e. The molecule has 0 saturated carbocycles. The maximum atomic E-state index is 11.7. The summed E-state index contributed by atoms with van der Waals surface area (Å²) in [5.74, 6) is -0.259. The van der Waals surface area contributed by atoms with E-state index in [0.29, 0.717) is 0 Å². The van der Waals surface area contributed by atoms with Crippen molar-refractivity contribution in [3.05, 3.63) is 66.0 Å². The Balaban J connectivity index is 1.92. The van der Waals surface area contributed by atoms with Crippen LogP contribution < -0.4 is 0 Å². The number of carbonyl (C=O) groups is 1. The van der Waals surface area contributed by atoms with Gasteiger partial charge in [0.25, 0.3) is 0 Å². The Bertz CT molecular complexity index is 496. The highest BCUT2D eigenvalue weighted by molar-refractivity contribution is 5.72. The SMILES string of the molecule is CC(OC(=O)Cc1ccccn1)c1ccccc1. The first kappa shape index (κ1) is 12.3. The predicted molar refractivity (Wildman–Crippen MR) is 68.9 cm³/mol. The molecule has 0 aliphatic carbocycles. The Morgan fingerprint density at radius 1 is 1.17 bits per heavy atom. The van der Waals surface area contributed by atoms with Crippen molar-refractivity contribution in [1.82, 2.24) is 4.98 Å². The van der Waals surface area contributed by atoms with Gasteiger partial charge in [0.1, 0.15) is 6.10 Å². The summed E-state index contributed by atoms with van der Waals surface area (Å²) in [6.45, 7) is 1.87. The lowest BCUT2D eigenvalue weighted by molar-refractivity contribution is -0.147. The van der Waals surface area contributed by atoms with E-state index in [1.807, 2.05) is 55.5 Å². The van der Waals surface area contributed by atoms with E-state index in [1.54, 1.807) is 6.20 Å². The lowest BCUT2D eigenvalue weighted by Crippen LogP contribution is -2.12. The Hall–Kier alpha value is -2.16. The molecule has 0 radical (unpaired) electrons. The van der Waals surface area contributed by atoms with Crippen LogP contribution in [0, 0.1) is 0 Å². The highest BCUT2D eigenvalue weighted by Crippen LogP contribution is 2.16. The van der Waals surface area contributed by atoms with Crippen molar-refractivity contribution in [2.45, 2.75) is 19.4 Å². The number of esters is 1. The highest BCUT2D eigenvalue weighted by atomic mass is 16.5. The van der Waals surface area contributed by atoms with E-state index >= 15 is 0 Å². The molecule has 1 heterocycles. The fourth-order valence-electron chi connectivity index (χ4n) is 1.68. The Labute approximate surface area is 106 Å². The molecule has 1 aromatic carbocycles. The molecule has 92 valence electrons. The van der Waals surface area contributed by atoms with Gasteiger partial charge in [-0.2, -0.15) is 0 Å². The van der Waals surface area contributed by atoms with Gasteiger partial charge in [-0.05, 0) is 24.6 Å². The van der Waals surface area contributed by atoms with Crippen molar-refractivity contribution < 1.29 is 9.53 Å². The number of nitrogens with zero attached hydrogens (tertiary/aromatic N) is 1. The van der Waals surface area contributed by atoms with E-state index in [9.17, 15) is 4.79 Å². The normalized spacial score (nSPS) is 11.8. The highest BCUT2D eigenvalue weighted by Gasteiger charge is 2.12. The molecule has 0 amide bonds. The monoisotopic (exact) mass is 241 g/mol. The third-order valence-electron chi connectivity index (χ3n) is 2.63. The number of hydrogen-bond donors (Lipinski definition) is 0. The summed E-state index contributed by atoms with van der Waals surface area (Å²) in [5.41, 5.74) is 1.72. The maximum Gasteiger partial charge on any atom is 0.312 e. The van der Waals surface area contributed by atoms with Gasteiger partial charge < -0.3 is 4.74 Å². The van der Waals surface area contributed by atoms with Gasteiger partial charge >= 0.3 is 5.97 Å². The Morgan fingerprint density at radius 2 is 1.89 bits per heavy atom. The van der Waals surface area contributed by atoms with E-state index in [4.69, 9.17) is 4.74 Å². The molecule has 18 heavy (non-hydrogen) atoms. The first-order valence-electron chi connectivity index (χ1n) is 5.90. The molecule has 3 heteroatoms. The average Bonchev–Trinajstić information content (AvgIpc) is 2.40. The molecule has 0 bridgehead atoms. The Kier molecular flexibility index (Phi) is 4.07. The molecular formula is C15H15NO2. The molecule has 0 fully saturated rings. The molecular weight excluding hydrogens is 226 g/mol. The molecule has 0 aliphatic rings. The average molecular weight is 241 g/mol. The van der Waals surface area contributed by atoms with E-state index in [0.717, 1.165) is 11.3 Å². The van der Waals surface area contributed by atoms with Crippen LogP contribution in [0.4, 0.5) is 0 Å². The summed E-state index contributed by atoms with van der Waals surface area (Å²) < 4.78 is 5.36. The zero-order valence-corrected chi connectivity index (χ0v) is 10.2.